The number of carbonyl (C=O) groups is 2. The maximum Gasteiger partial charge on any atom is 0.277 e. The normalized spacial score (nSPS) is 10.7. The molecule has 3 aromatic rings. The molecule has 2 amide bonds. The number of thioether (sulfide) groups is 1. The average molecular weight is 457 g/mol. The molecule has 0 bridgehead atoms. The van der Waals surface area contributed by atoms with Gasteiger partial charge in [-0.25, -0.2) is 13.2 Å². The van der Waals surface area contributed by atoms with E-state index in [1.54, 1.807) is 0 Å². The number of nitrogens with zero attached hydrogens (tertiary/aromatic N) is 2. The first kappa shape index (κ1) is 21.7. The molecule has 0 radical (unpaired) electrons. The lowest BCUT2D eigenvalue weighted by Crippen LogP contribution is -2.24. The summed E-state index contributed by atoms with van der Waals surface area (Å²) in [6.45, 7) is -0.190. The molecule has 0 aliphatic rings. The van der Waals surface area contributed by atoms with Crippen molar-refractivity contribution in [2.75, 3.05) is 11.1 Å². The van der Waals surface area contributed by atoms with Gasteiger partial charge in [-0.05, 0) is 24.3 Å². The zero-order chi connectivity index (χ0) is 21.7. The Kier molecular flexibility index (Phi) is 6.95. The van der Waals surface area contributed by atoms with Gasteiger partial charge in [0.25, 0.3) is 11.1 Å². The Morgan fingerprint density at radius 2 is 1.90 bits per heavy atom. The van der Waals surface area contributed by atoms with Crippen LogP contribution in [0.25, 0.3) is 0 Å². The lowest BCUT2D eigenvalue weighted by Gasteiger charge is -2.05. The minimum atomic E-state index is -0.904. The third-order valence-corrected chi connectivity index (χ3v) is 4.70. The number of carbonyl (C=O) groups excluding carboxylic acids is 2. The monoisotopic (exact) mass is 456 g/mol. The summed E-state index contributed by atoms with van der Waals surface area (Å²) in [5, 5.41) is 12.1. The molecule has 0 aliphatic heterocycles. The van der Waals surface area contributed by atoms with Crippen LogP contribution < -0.4 is 10.6 Å². The van der Waals surface area contributed by atoms with Crippen molar-refractivity contribution in [1.82, 2.24) is 15.5 Å². The first-order valence-electron chi connectivity index (χ1n) is 8.26. The second-order valence-electron chi connectivity index (χ2n) is 5.70. The van der Waals surface area contributed by atoms with E-state index in [2.05, 4.69) is 20.8 Å². The summed E-state index contributed by atoms with van der Waals surface area (Å²) < 4.78 is 45.4. The highest BCUT2D eigenvalue weighted by Crippen LogP contribution is 2.20. The van der Waals surface area contributed by atoms with E-state index in [9.17, 15) is 22.8 Å². The summed E-state index contributed by atoms with van der Waals surface area (Å²) in [5.41, 5.74) is -0.472. The van der Waals surface area contributed by atoms with E-state index in [-0.39, 0.29) is 39.7 Å². The highest BCUT2D eigenvalue weighted by Gasteiger charge is 2.17. The van der Waals surface area contributed by atoms with Crippen molar-refractivity contribution in [2.24, 2.45) is 0 Å². The second kappa shape index (κ2) is 9.63. The van der Waals surface area contributed by atoms with E-state index in [0.29, 0.717) is 6.07 Å². The van der Waals surface area contributed by atoms with Crippen molar-refractivity contribution >= 4 is 40.9 Å². The van der Waals surface area contributed by atoms with Gasteiger partial charge >= 0.3 is 0 Å². The Balaban J connectivity index is 1.50. The Morgan fingerprint density at radius 1 is 1.10 bits per heavy atom. The lowest BCUT2D eigenvalue weighted by atomic mass is 10.2. The molecule has 156 valence electrons. The molecule has 7 nitrogen and oxygen atoms in total. The molecule has 2 N–H and O–H groups in total. The standard InChI is InChI=1S/C18H12ClF3N4O3S/c19-10-2-1-3-11(21)16(10)17(28)23-7-15-25-26-18(29-15)30-8-14(27)24-13-5-4-9(20)6-12(13)22/h1-6H,7-8H2,(H,23,28)(H,24,27). The SMILES string of the molecule is O=C(CSc1nnc(CNC(=O)c2c(F)cccc2Cl)o1)Nc1ccc(F)cc1F. The van der Waals surface area contributed by atoms with Gasteiger partial charge in [0.05, 0.1) is 28.6 Å². The van der Waals surface area contributed by atoms with Gasteiger partial charge in [-0.15, -0.1) is 10.2 Å². The van der Waals surface area contributed by atoms with Crippen molar-refractivity contribution in [3.8, 4) is 0 Å². The van der Waals surface area contributed by atoms with E-state index in [1.807, 2.05) is 0 Å². The summed E-state index contributed by atoms with van der Waals surface area (Å²) >= 11 is 6.69. The number of rotatable bonds is 7. The van der Waals surface area contributed by atoms with Gasteiger partial charge in [0.2, 0.25) is 11.8 Å². The number of hydrogen-bond acceptors (Lipinski definition) is 6. The van der Waals surface area contributed by atoms with E-state index >= 15 is 0 Å². The molecule has 2 aromatic carbocycles. The third kappa shape index (κ3) is 5.51. The number of benzene rings is 2. The molecule has 0 atom stereocenters. The largest absolute Gasteiger partial charge is 0.414 e. The number of aromatic nitrogens is 2. The summed E-state index contributed by atoms with van der Waals surface area (Å²) in [5.74, 6) is -3.94. The van der Waals surface area contributed by atoms with Crippen LogP contribution >= 0.6 is 23.4 Å². The van der Waals surface area contributed by atoms with Crippen LogP contribution in [0.3, 0.4) is 0 Å². The second-order valence-corrected chi connectivity index (χ2v) is 7.04. The van der Waals surface area contributed by atoms with Gasteiger partial charge in [0.1, 0.15) is 17.5 Å². The van der Waals surface area contributed by atoms with Crippen molar-refractivity contribution in [2.45, 2.75) is 11.8 Å². The molecule has 0 saturated heterocycles. The van der Waals surface area contributed by atoms with Crippen LogP contribution in [0.4, 0.5) is 18.9 Å². The van der Waals surface area contributed by atoms with Gasteiger partial charge in [-0.3, -0.25) is 9.59 Å². The van der Waals surface area contributed by atoms with Crippen LogP contribution in [-0.4, -0.2) is 27.8 Å². The van der Waals surface area contributed by atoms with Gasteiger partial charge in [0, 0.05) is 6.07 Å². The zero-order valence-electron chi connectivity index (χ0n) is 14.9. The van der Waals surface area contributed by atoms with E-state index in [4.69, 9.17) is 16.0 Å². The minimum absolute atomic E-state index is 0.0169. The number of anilines is 1. The smallest absolute Gasteiger partial charge is 0.277 e. The Bertz CT molecular complexity index is 1080. The van der Waals surface area contributed by atoms with Crippen molar-refractivity contribution in [3.05, 3.63) is 70.3 Å². The Labute approximate surface area is 177 Å². The molecule has 0 spiro atoms. The fourth-order valence-electron chi connectivity index (χ4n) is 2.23. The molecular formula is C18H12ClF3N4O3S. The summed E-state index contributed by atoms with van der Waals surface area (Å²) in [6.07, 6.45) is 0. The molecule has 3 rings (SSSR count). The van der Waals surface area contributed by atoms with Crippen molar-refractivity contribution in [3.63, 3.8) is 0 Å². The lowest BCUT2D eigenvalue weighted by molar-refractivity contribution is -0.113. The fraction of sp³-hybridized carbons (Fsp3) is 0.111. The van der Waals surface area contributed by atoms with E-state index < -0.39 is 29.3 Å². The van der Waals surface area contributed by atoms with Crippen LogP contribution in [0.5, 0.6) is 0 Å². The van der Waals surface area contributed by atoms with E-state index in [1.165, 1.54) is 12.1 Å². The van der Waals surface area contributed by atoms with Crippen molar-refractivity contribution in [1.29, 1.82) is 0 Å². The topological polar surface area (TPSA) is 97.1 Å². The van der Waals surface area contributed by atoms with Crippen LogP contribution in [0.1, 0.15) is 16.2 Å². The van der Waals surface area contributed by atoms with Crippen LogP contribution in [0.15, 0.2) is 46.0 Å². The summed E-state index contributed by atoms with van der Waals surface area (Å²) in [6, 6.07) is 6.61. The fourth-order valence-corrected chi connectivity index (χ4v) is 3.06. The average Bonchev–Trinajstić information content (AvgIpc) is 3.15. The highest BCUT2D eigenvalue weighted by molar-refractivity contribution is 7.99. The predicted octanol–water partition coefficient (Wildman–Crippen LogP) is 3.80. The molecule has 30 heavy (non-hydrogen) atoms. The number of amides is 2. The van der Waals surface area contributed by atoms with Gasteiger partial charge in [-0.1, -0.05) is 29.4 Å². The minimum Gasteiger partial charge on any atom is -0.414 e. The van der Waals surface area contributed by atoms with Crippen molar-refractivity contribution < 1.29 is 27.2 Å². The maximum absolute atomic E-state index is 13.7. The molecule has 0 unspecified atom stereocenters. The van der Waals surface area contributed by atoms with E-state index in [0.717, 1.165) is 30.0 Å². The molecule has 1 heterocycles. The molecule has 1 aromatic heterocycles. The summed E-state index contributed by atoms with van der Waals surface area (Å²) in [4.78, 5) is 23.9. The third-order valence-electron chi connectivity index (χ3n) is 3.57. The molecule has 0 saturated carbocycles. The first-order chi connectivity index (χ1) is 14.3. The number of hydrogen-bond donors (Lipinski definition) is 2. The zero-order valence-corrected chi connectivity index (χ0v) is 16.5. The number of nitrogens with one attached hydrogen (secondary N) is 2. The van der Waals surface area contributed by atoms with Crippen LogP contribution in [0.2, 0.25) is 5.02 Å². The Morgan fingerprint density at radius 3 is 2.63 bits per heavy atom. The molecule has 0 fully saturated rings. The predicted molar refractivity (Wildman–Crippen MR) is 103 cm³/mol. The molecule has 0 aliphatic carbocycles. The number of halogens is 4. The highest BCUT2D eigenvalue weighted by atomic mass is 35.5. The quantitative estimate of drug-likeness (QED) is 0.525. The van der Waals surface area contributed by atoms with Gasteiger partial charge in [0.15, 0.2) is 0 Å². The van der Waals surface area contributed by atoms with Gasteiger partial charge in [-0.2, -0.15) is 0 Å². The van der Waals surface area contributed by atoms with Crippen LogP contribution in [0, 0.1) is 17.5 Å². The first-order valence-corrected chi connectivity index (χ1v) is 9.62. The molecule has 12 heteroatoms. The van der Waals surface area contributed by atoms with Gasteiger partial charge < -0.3 is 15.1 Å². The Hall–Kier alpha value is -3.05. The maximum atomic E-state index is 13.7. The van der Waals surface area contributed by atoms with Crippen LogP contribution in [-0.2, 0) is 11.3 Å². The molecular weight excluding hydrogens is 445 g/mol. The summed E-state index contributed by atoms with van der Waals surface area (Å²) in [7, 11) is 0.